The van der Waals surface area contributed by atoms with Crippen LogP contribution in [0.25, 0.3) is 0 Å². The molecule has 22 heavy (non-hydrogen) atoms. The van der Waals surface area contributed by atoms with Crippen molar-refractivity contribution >= 4 is 33.5 Å². The lowest BCUT2D eigenvalue weighted by Crippen LogP contribution is -2.40. The lowest BCUT2D eigenvalue weighted by Gasteiger charge is -2.24. The van der Waals surface area contributed by atoms with Crippen LogP contribution in [0.4, 0.5) is 5.69 Å². The molecule has 2 heterocycles. The van der Waals surface area contributed by atoms with Crippen LogP contribution in [-0.4, -0.2) is 38.5 Å². The summed E-state index contributed by atoms with van der Waals surface area (Å²) in [4.78, 5) is 24.3. The van der Waals surface area contributed by atoms with Crippen molar-refractivity contribution in [3.8, 4) is 0 Å². The molecule has 0 atom stereocenters. The molecule has 0 aliphatic carbocycles. The summed E-state index contributed by atoms with van der Waals surface area (Å²) in [5.41, 5.74) is -0.484. The summed E-state index contributed by atoms with van der Waals surface area (Å²) in [5, 5.41) is 10.8. The van der Waals surface area contributed by atoms with Crippen LogP contribution in [0.15, 0.2) is 23.1 Å². The summed E-state index contributed by atoms with van der Waals surface area (Å²) in [6.07, 6.45) is 4.70. The highest BCUT2D eigenvalue weighted by Crippen LogP contribution is 2.22. The Morgan fingerprint density at radius 1 is 1.32 bits per heavy atom. The Hall–Kier alpha value is -2.16. The number of hydrogen-bond donors (Lipinski definition) is 1. The number of anilines is 1. The van der Waals surface area contributed by atoms with E-state index in [2.05, 4.69) is 31.4 Å². The molecule has 2 aromatic heterocycles. The van der Waals surface area contributed by atoms with Gasteiger partial charge in [-0.25, -0.2) is 4.79 Å². The second-order valence-corrected chi connectivity index (χ2v) is 6.05. The van der Waals surface area contributed by atoms with Crippen molar-refractivity contribution in [1.29, 1.82) is 0 Å². The number of rotatable bonds is 4. The maximum absolute atomic E-state index is 12.5. The molecule has 1 amide bonds. The first-order valence-electron chi connectivity index (χ1n) is 6.39. The molecule has 0 spiro atoms. The molecule has 0 unspecified atom stereocenters. The van der Waals surface area contributed by atoms with Gasteiger partial charge in [-0.05, 0) is 29.8 Å². The maximum atomic E-state index is 12.5. The van der Waals surface area contributed by atoms with Crippen LogP contribution >= 0.6 is 15.9 Å². The average Bonchev–Trinajstić information content (AvgIpc) is 3.05. The zero-order chi connectivity index (χ0) is 16.5. The van der Waals surface area contributed by atoms with E-state index in [0.29, 0.717) is 5.69 Å². The predicted octanol–water partition coefficient (Wildman–Crippen LogP) is 1.54. The molecule has 0 bridgehead atoms. The van der Waals surface area contributed by atoms with Gasteiger partial charge in [0.2, 0.25) is 0 Å². The Morgan fingerprint density at radius 3 is 2.55 bits per heavy atom. The van der Waals surface area contributed by atoms with Crippen molar-refractivity contribution < 1.29 is 14.3 Å². The first-order chi connectivity index (χ1) is 10.3. The zero-order valence-electron chi connectivity index (χ0n) is 12.6. The lowest BCUT2D eigenvalue weighted by molar-refractivity contribution is -0.123. The number of amides is 1. The van der Waals surface area contributed by atoms with Gasteiger partial charge in [0, 0.05) is 13.2 Å². The molecule has 0 aliphatic heterocycles. The van der Waals surface area contributed by atoms with Crippen molar-refractivity contribution in [2.45, 2.75) is 19.4 Å². The second-order valence-electron chi connectivity index (χ2n) is 5.14. The third-order valence-corrected chi connectivity index (χ3v) is 3.65. The molecular weight excluding hydrogens is 354 g/mol. The standard InChI is InChI=1S/C13H16BrN5O3/c1-13(2,19-7-8(14)5-16-19)12(21)17-9-6-15-18(3)10(9)11(20)22-4/h5-7H,1-4H3,(H,17,21). The Bertz CT molecular complexity index is 719. The van der Waals surface area contributed by atoms with E-state index in [9.17, 15) is 9.59 Å². The smallest absolute Gasteiger partial charge is 0.358 e. The monoisotopic (exact) mass is 369 g/mol. The molecule has 118 valence electrons. The van der Waals surface area contributed by atoms with Crippen molar-refractivity contribution in [2.75, 3.05) is 12.4 Å². The normalized spacial score (nSPS) is 11.3. The number of hydrogen-bond acceptors (Lipinski definition) is 5. The Balaban J connectivity index is 2.28. The fraction of sp³-hybridized carbons (Fsp3) is 0.385. The number of aryl methyl sites for hydroxylation is 1. The van der Waals surface area contributed by atoms with E-state index in [1.54, 1.807) is 33.3 Å². The van der Waals surface area contributed by atoms with E-state index in [1.807, 2.05) is 0 Å². The lowest BCUT2D eigenvalue weighted by atomic mass is 10.0. The molecule has 0 radical (unpaired) electrons. The van der Waals surface area contributed by atoms with Crippen molar-refractivity contribution in [3.63, 3.8) is 0 Å². The minimum atomic E-state index is -0.949. The van der Waals surface area contributed by atoms with E-state index < -0.39 is 11.5 Å². The van der Waals surface area contributed by atoms with Gasteiger partial charge in [0.1, 0.15) is 5.54 Å². The van der Waals surface area contributed by atoms with Gasteiger partial charge in [0.25, 0.3) is 5.91 Å². The Labute approximate surface area is 135 Å². The minimum absolute atomic E-state index is 0.174. The van der Waals surface area contributed by atoms with Gasteiger partial charge in [-0.15, -0.1) is 0 Å². The topological polar surface area (TPSA) is 91.0 Å². The molecule has 0 aliphatic rings. The fourth-order valence-corrected chi connectivity index (χ4v) is 2.14. The molecule has 2 aromatic rings. The maximum Gasteiger partial charge on any atom is 0.358 e. The van der Waals surface area contributed by atoms with Crippen molar-refractivity contribution in [3.05, 3.63) is 28.8 Å². The predicted molar refractivity (Wildman–Crippen MR) is 82.4 cm³/mol. The Kier molecular flexibility index (Phi) is 4.36. The summed E-state index contributed by atoms with van der Waals surface area (Å²) in [6, 6.07) is 0. The van der Waals surface area contributed by atoms with Gasteiger partial charge in [-0.1, -0.05) is 0 Å². The second kappa shape index (κ2) is 5.91. The molecular formula is C13H16BrN5O3. The number of esters is 1. The van der Waals surface area contributed by atoms with Gasteiger partial charge < -0.3 is 10.1 Å². The van der Waals surface area contributed by atoms with E-state index in [4.69, 9.17) is 4.74 Å². The van der Waals surface area contributed by atoms with E-state index in [1.165, 1.54) is 22.7 Å². The first kappa shape index (κ1) is 16.2. The van der Waals surface area contributed by atoms with Crippen LogP contribution in [0.5, 0.6) is 0 Å². The Morgan fingerprint density at radius 2 is 2.00 bits per heavy atom. The van der Waals surface area contributed by atoms with Gasteiger partial charge in [0.05, 0.1) is 29.7 Å². The van der Waals surface area contributed by atoms with Gasteiger partial charge in [-0.3, -0.25) is 14.2 Å². The number of nitrogens with zero attached hydrogens (tertiary/aromatic N) is 4. The molecule has 1 N–H and O–H groups in total. The minimum Gasteiger partial charge on any atom is -0.464 e. The highest BCUT2D eigenvalue weighted by Gasteiger charge is 2.32. The number of ether oxygens (including phenoxy) is 1. The van der Waals surface area contributed by atoms with E-state index >= 15 is 0 Å². The van der Waals surface area contributed by atoms with Crippen molar-refractivity contribution in [1.82, 2.24) is 19.6 Å². The SMILES string of the molecule is COC(=O)c1c(NC(=O)C(C)(C)n2cc(Br)cn2)cnn1C. The molecule has 9 heteroatoms. The number of carbonyl (C=O) groups is 2. The number of aromatic nitrogens is 4. The van der Waals surface area contributed by atoms with E-state index in [-0.39, 0.29) is 11.6 Å². The van der Waals surface area contributed by atoms with E-state index in [0.717, 1.165) is 4.47 Å². The summed E-state index contributed by atoms with van der Waals surface area (Å²) >= 11 is 3.29. The third-order valence-electron chi connectivity index (χ3n) is 3.25. The van der Waals surface area contributed by atoms with Crippen LogP contribution in [0.2, 0.25) is 0 Å². The highest BCUT2D eigenvalue weighted by atomic mass is 79.9. The van der Waals surface area contributed by atoms with Crippen LogP contribution in [0.3, 0.4) is 0 Å². The average molecular weight is 370 g/mol. The summed E-state index contributed by atoms with van der Waals surface area (Å²) in [7, 11) is 2.86. The largest absolute Gasteiger partial charge is 0.464 e. The number of halogens is 1. The zero-order valence-corrected chi connectivity index (χ0v) is 14.2. The molecule has 0 saturated heterocycles. The first-order valence-corrected chi connectivity index (χ1v) is 7.19. The number of carbonyl (C=O) groups excluding carboxylic acids is 2. The van der Waals surface area contributed by atoms with Crippen molar-refractivity contribution in [2.24, 2.45) is 7.05 Å². The van der Waals surface area contributed by atoms with Crippen LogP contribution in [-0.2, 0) is 22.1 Å². The fourth-order valence-electron chi connectivity index (χ4n) is 1.85. The molecule has 0 fully saturated rings. The van der Waals surface area contributed by atoms with Crippen LogP contribution < -0.4 is 5.32 Å². The molecule has 0 aromatic carbocycles. The molecule has 2 rings (SSSR count). The number of nitrogens with one attached hydrogen (secondary N) is 1. The quantitative estimate of drug-likeness (QED) is 0.825. The van der Waals surface area contributed by atoms with Crippen LogP contribution in [0, 0.1) is 0 Å². The van der Waals surface area contributed by atoms with Crippen LogP contribution in [0.1, 0.15) is 24.3 Å². The molecule has 0 saturated carbocycles. The summed E-state index contributed by atoms with van der Waals surface area (Å²) < 4.78 is 8.34. The van der Waals surface area contributed by atoms with Gasteiger partial charge >= 0.3 is 5.97 Å². The number of methoxy groups -OCH3 is 1. The van der Waals surface area contributed by atoms with Gasteiger partial charge in [-0.2, -0.15) is 10.2 Å². The summed E-state index contributed by atoms with van der Waals surface area (Å²) in [6.45, 7) is 3.44. The molecule has 8 nitrogen and oxygen atoms in total. The highest BCUT2D eigenvalue weighted by molar-refractivity contribution is 9.10. The third kappa shape index (κ3) is 2.89. The summed E-state index contributed by atoms with van der Waals surface area (Å²) in [5.74, 6) is -0.906. The van der Waals surface area contributed by atoms with Gasteiger partial charge in [0.15, 0.2) is 5.69 Å².